The Balaban J connectivity index is 1.80. The zero-order valence-corrected chi connectivity index (χ0v) is 19.3. The number of carbonyl (C=O) groups excluding carboxylic acids is 1. The molecule has 1 saturated heterocycles. The second-order valence-electron chi connectivity index (χ2n) is 8.04. The number of para-hydroxylation sites is 1. The van der Waals surface area contributed by atoms with Crippen LogP contribution in [-0.2, 0) is 4.79 Å². The number of hydrogen-bond acceptors (Lipinski definition) is 7. The summed E-state index contributed by atoms with van der Waals surface area (Å²) in [4.78, 5) is 15.3. The predicted octanol–water partition coefficient (Wildman–Crippen LogP) is 2.92. The summed E-state index contributed by atoms with van der Waals surface area (Å²) in [5.41, 5.74) is 7.21. The first kappa shape index (κ1) is 21.4. The van der Waals surface area contributed by atoms with Gasteiger partial charge in [0.05, 0.1) is 17.3 Å². The van der Waals surface area contributed by atoms with Crippen molar-refractivity contribution >= 4 is 28.4 Å². The third-order valence-corrected chi connectivity index (χ3v) is 6.60. The van der Waals surface area contributed by atoms with Gasteiger partial charge >= 0.3 is 0 Å². The first-order chi connectivity index (χ1) is 14.8. The van der Waals surface area contributed by atoms with Crippen molar-refractivity contribution in [2.24, 2.45) is 5.10 Å². The summed E-state index contributed by atoms with van der Waals surface area (Å²) in [5.74, 6) is -0.133. The van der Waals surface area contributed by atoms with Gasteiger partial charge in [-0.1, -0.05) is 48.0 Å². The van der Waals surface area contributed by atoms with Gasteiger partial charge in [-0.2, -0.15) is 10.1 Å². The first-order valence-corrected chi connectivity index (χ1v) is 11.0. The number of rotatable bonds is 3. The number of hydrazine groups is 1. The largest absolute Gasteiger partial charge is 0.383 e. The Labute approximate surface area is 187 Å². The third-order valence-electron chi connectivity index (χ3n) is 5.26. The molecule has 2 unspecified atom stereocenters. The third kappa shape index (κ3) is 4.06. The molecule has 2 aliphatic rings. The van der Waals surface area contributed by atoms with Crippen LogP contribution in [0.3, 0.4) is 0 Å². The summed E-state index contributed by atoms with van der Waals surface area (Å²) in [5, 5.41) is 11.9. The molecule has 2 N–H and O–H groups in total. The Morgan fingerprint density at radius 1 is 1.13 bits per heavy atom. The normalized spacial score (nSPS) is 25.5. The summed E-state index contributed by atoms with van der Waals surface area (Å²) < 4.78 is 0. The fourth-order valence-corrected chi connectivity index (χ4v) is 4.87. The number of hydrazone groups is 1. The summed E-state index contributed by atoms with van der Waals surface area (Å²) in [7, 11) is 5.76. The number of hydrogen-bond donors (Lipinski definition) is 2. The van der Waals surface area contributed by atoms with E-state index in [0.29, 0.717) is 5.57 Å². The van der Waals surface area contributed by atoms with Crippen LogP contribution in [0.4, 0.5) is 5.69 Å². The number of nitrogens with zero attached hydrogens (tertiary/aromatic N) is 4. The van der Waals surface area contributed by atoms with E-state index in [1.54, 1.807) is 0 Å². The van der Waals surface area contributed by atoms with E-state index in [1.165, 1.54) is 17.3 Å². The van der Waals surface area contributed by atoms with Crippen molar-refractivity contribution in [3.8, 4) is 0 Å². The van der Waals surface area contributed by atoms with Gasteiger partial charge < -0.3 is 10.2 Å². The van der Waals surface area contributed by atoms with Crippen LogP contribution < -0.4 is 15.8 Å². The Morgan fingerprint density at radius 3 is 2.45 bits per heavy atom. The molecule has 7 nitrogen and oxygen atoms in total. The van der Waals surface area contributed by atoms with Crippen LogP contribution in [0, 0.1) is 6.92 Å². The maximum Gasteiger partial charge on any atom is 0.260 e. The van der Waals surface area contributed by atoms with Gasteiger partial charge in [-0.25, -0.2) is 10.4 Å². The molecule has 1 amide bonds. The van der Waals surface area contributed by atoms with E-state index in [-0.39, 0.29) is 11.9 Å². The van der Waals surface area contributed by atoms with Crippen molar-refractivity contribution in [3.63, 3.8) is 0 Å². The molecular weight excluding hydrogens is 408 g/mol. The van der Waals surface area contributed by atoms with Crippen LogP contribution in [0.2, 0.25) is 0 Å². The molecule has 0 aromatic heterocycles. The number of amides is 1. The first-order valence-electron chi connectivity index (χ1n) is 10.2. The maximum absolute atomic E-state index is 13.4. The number of benzene rings is 2. The molecule has 1 spiro atoms. The smallest absolute Gasteiger partial charge is 0.260 e. The Hall–Kier alpha value is -2.81. The van der Waals surface area contributed by atoms with Crippen LogP contribution in [0.15, 0.2) is 71.5 Å². The number of thioether (sulfide) groups is 1. The highest BCUT2D eigenvalue weighted by Gasteiger charge is 2.52. The zero-order chi connectivity index (χ0) is 22.2. The molecule has 0 saturated carbocycles. The Morgan fingerprint density at radius 2 is 1.81 bits per heavy atom. The molecule has 8 heteroatoms. The molecule has 2 atom stereocenters. The van der Waals surface area contributed by atoms with E-state index < -0.39 is 5.12 Å². The average molecular weight is 437 g/mol. The van der Waals surface area contributed by atoms with Gasteiger partial charge in [0, 0.05) is 32.9 Å². The van der Waals surface area contributed by atoms with E-state index in [9.17, 15) is 4.79 Å². The lowest BCUT2D eigenvalue weighted by Gasteiger charge is -2.42. The van der Waals surface area contributed by atoms with Crippen LogP contribution in [-0.4, -0.2) is 53.2 Å². The second-order valence-corrected chi connectivity index (χ2v) is 9.20. The van der Waals surface area contributed by atoms with Crippen molar-refractivity contribution in [2.45, 2.75) is 25.0 Å². The molecule has 0 bridgehead atoms. The molecule has 2 aromatic carbocycles. The second kappa shape index (κ2) is 8.37. The van der Waals surface area contributed by atoms with Crippen LogP contribution in [0.5, 0.6) is 0 Å². The van der Waals surface area contributed by atoms with Gasteiger partial charge in [0.1, 0.15) is 5.04 Å². The maximum atomic E-state index is 13.4. The Bertz CT molecular complexity index is 1020. The predicted molar refractivity (Wildman–Crippen MR) is 127 cm³/mol. The molecule has 2 aromatic rings. The number of aryl methyl sites for hydroxylation is 1. The highest BCUT2D eigenvalue weighted by atomic mass is 32.2. The summed E-state index contributed by atoms with van der Waals surface area (Å²) >= 11 is 1.51. The Kier molecular flexibility index (Phi) is 5.79. The highest BCUT2D eigenvalue weighted by Crippen LogP contribution is 2.43. The fraction of sp³-hybridized carbons (Fsp3) is 0.304. The number of nitrogens with one attached hydrogen (secondary N) is 2. The molecule has 0 aliphatic carbocycles. The quantitative estimate of drug-likeness (QED) is 0.722. The minimum atomic E-state index is -0.963. The standard InChI is InChI=1S/C23H28N6OS/c1-16-11-13-18(14-12-16)22-26-29(19-9-7-6-8-10-19)23(31-22)24-21(30)20(15-27(3)4)17(2)25-28(23)5/h6-15,17,25H,1-5H3,(H,24,30)/b20-15+. The average Bonchev–Trinajstić information content (AvgIpc) is 3.09. The van der Waals surface area contributed by atoms with E-state index in [2.05, 4.69) is 41.9 Å². The van der Waals surface area contributed by atoms with Crippen molar-refractivity contribution in [1.82, 2.24) is 20.7 Å². The number of carbonyl (C=O) groups is 1. The molecule has 31 heavy (non-hydrogen) atoms. The summed E-state index contributed by atoms with van der Waals surface area (Å²) in [6.45, 7) is 4.05. The molecule has 1 fully saturated rings. The van der Waals surface area contributed by atoms with E-state index in [4.69, 9.17) is 5.10 Å². The molecule has 2 aliphatic heterocycles. The lowest BCUT2D eigenvalue weighted by molar-refractivity contribution is -0.119. The van der Waals surface area contributed by atoms with Crippen molar-refractivity contribution in [2.75, 3.05) is 26.2 Å². The van der Waals surface area contributed by atoms with Crippen molar-refractivity contribution < 1.29 is 4.79 Å². The topological polar surface area (TPSA) is 63.2 Å². The fourth-order valence-electron chi connectivity index (χ4n) is 3.66. The van der Waals surface area contributed by atoms with E-state index in [1.807, 2.05) is 79.5 Å². The molecule has 162 valence electrons. The minimum absolute atomic E-state index is 0.133. The number of anilines is 1. The van der Waals surface area contributed by atoms with Gasteiger partial charge in [-0.05, 0) is 37.7 Å². The summed E-state index contributed by atoms with van der Waals surface area (Å²) in [6, 6.07) is 18.0. The van der Waals surface area contributed by atoms with E-state index in [0.717, 1.165) is 16.3 Å². The lowest BCUT2D eigenvalue weighted by Crippen LogP contribution is -2.66. The molecule has 2 heterocycles. The SMILES string of the molecule is Cc1ccc(C2=NN(c3ccccc3)C3(NC(=O)/C(=C/N(C)C)C(C)NN3C)S2)cc1. The van der Waals surface area contributed by atoms with Gasteiger partial charge in [0.2, 0.25) is 0 Å². The zero-order valence-electron chi connectivity index (χ0n) is 18.5. The van der Waals surface area contributed by atoms with Crippen LogP contribution >= 0.6 is 11.8 Å². The van der Waals surface area contributed by atoms with Crippen LogP contribution in [0.25, 0.3) is 0 Å². The van der Waals surface area contributed by atoms with Crippen LogP contribution in [0.1, 0.15) is 18.1 Å². The molecule has 0 radical (unpaired) electrons. The highest BCUT2D eigenvalue weighted by molar-refractivity contribution is 8.15. The monoisotopic (exact) mass is 436 g/mol. The molecular formula is C23H28N6OS. The van der Waals surface area contributed by atoms with Gasteiger partial charge in [0.25, 0.3) is 11.0 Å². The van der Waals surface area contributed by atoms with Crippen molar-refractivity contribution in [1.29, 1.82) is 0 Å². The molecule has 4 rings (SSSR count). The van der Waals surface area contributed by atoms with E-state index >= 15 is 0 Å². The van der Waals surface area contributed by atoms with Gasteiger partial charge in [-0.15, -0.1) is 0 Å². The van der Waals surface area contributed by atoms with Gasteiger partial charge in [-0.3, -0.25) is 4.79 Å². The van der Waals surface area contributed by atoms with Gasteiger partial charge in [0.15, 0.2) is 0 Å². The lowest BCUT2D eigenvalue weighted by atomic mass is 10.1. The summed E-state index contributed by atoms with van der Waals surface area (Å²) in [6.07, 6.45) is 1.86. The minimum Gasteiger partial charge on any atom is -0.383 e. The van der Waals surface area contributed by atoms with Crippen molar-refractivity contribution in [3.05, 3.63) is 77.5 Å².